The monoisotopic (exact) mass is 508 g/mol. The number of aromatic amines is 1. The number of carbonyl (C=O) groups excluding carboxylic acids is 2. The molecule has 1 saturated carbocycles. The van der Waals surface area contributed by atoms with Crippen LogP contribution >= 0.6 is 0 Å². The fourth-order valence-corrected chi connectivity index (χ4v) is 4.58. The normalized spacial score (nSPS) is 14.6. The number of methoxy groups -OCH3 is 1. The highest BCUT2D eigenvalue weighted by atomic mass is 16.6. The molecule has 37 heavy (non-hydrogen) atoms. The number of rotatable bonds is 10. The molecular formula is C27H32N4O6. The lowest BCUT2D eigenvalue weighted by Gasteiger charge is -2.24. The summed E-state index contributed by atoms with van der Waals surface area (Å²) in [6, 6.07) is 9.35. The number of H-pyrrole nitrogens is 1. The molecular weight excluding hydrogens is 476 g/mol. The van der Waals surface area contributed by atoms with Crippen LogP contribution in [-0.4, -0.2) is 53.7 Å². The van der Waals surface area contributed by atoms with E-state index in [2.05, 4.69) is 20.4 Å². The van der Waals surface area contributed by atoms with E-state index in [-0.39, 0.29) is 18.6 Å². The largest absolute Gasteiger partial charge is 0.482 e. The van der Waals surface area contributed by atoms with Crippen LogP contribution in [0.15, 0.2) is 42.6 Å². The number of aromatic nitrogens is 1. The van der Waals surface area contributed by atoms with Gasteiger partial charge >= 0.3 is 11.9 Å². The number of nitrogens with two attached hydrogens (primary N) is 1. The van der Waals surface area contributed by atoms with Crippen LogP contribution in [0.4, 0.5) is 11.4 Å². The molecule has 0 aliphatic heterocycles. The number of fused-ring (bicyclic) bond motifs is 1. The Morgan fingerprint density at radius 2 is 1.92 bits per heavy atom. The molecule has 1 atom stereocenters. The highest BCUT2D eigenvalue weighted by molar-refractivity contribution is 5.98. The van der Waals surface area contributed by atoms with Gasteiger partial charge in [0.25, 0.3) is 5.91 Å². The quantitative estimate of drug-likeness (QED) is 0.206. The number of esters is 1. The zero-order chi connectivity index (χ0) is 26.4. The van der Waals surface area contributed by atoms with Crippen LogP contribution in [-0.2, 0) is 20.7 Å². The van der Waals surface area contributed by atoms with E-state index in [9.17, 15) is 19.5 Å². The number of amides is 1. The van der Waals surface area contributed by atoms with E-state index in [4.69, 9.17) is 10.5 Å². The Morgan fingerprint density at radius 3 is 2.62 bits per heavy atom. The van der Waals surface area contributed by atoms with Gasteiger partial charge in [0.2, 0.25) is 0 Å². The number of nitrogens with one attached hydrogen (secondary N) is 3. The summed E-state index contributed by atoms with van der Waals surface area (Å²) in [4.78, 5) is 39.4. The van der Waals surface area contributed by atoms with Gasteiger partial charge in [0.15, 0.2) is 6.61 Å². The second-order valence-corrected chi connectivity index (χ2v) is 9.24. The molecule has 1 aliphatic carbocycles. The third kappa shape index (κ3) is 6.52. The van der Waals surface area contributed by atoms with Crippen LogP contribution < -0.4 is 21.1 Å². The molecule has 4 rings (SSSR count). The minimum Gasteiger partial charge on any atom is -0.482 e. The second kappa shape index (κ2) is 11.7. The average Bonchev–Trinajstić information content (AvgIpc) is 3.30. The van der Waals surface area contributed by atoms with E-state index in [0.29, 0.717) is 23.0 Å². The third-order valence-electron chi connectivity index (χ3n) is 6.63. The molecule has 6 N–H and O–H groups in total. The summed E-state index contributed by atoms with van der Waals surface area (Å²) < 4.78 is 10.0. The molecule has 1 aliphatic rings. The smallest absolute Gasteiger partial charge is 0.343 e. The first-order chi connectivity index (χ1) is 17.8. The summed E-state index contributed by atoms with van der Waals surface area (Å²) in [7, 11) is 1.27. The Labute approximate surface area is 214 Å². The molecule has 10 heteroatoms. The average molecular weight is 509 g/mol. The van der Waals surface area contributed by atoms with Gasteiger partial charge in [-0.2, -0.15) is 0 Å². The SMILES string of the molecule is COC(=O)COc1ccc2[nH]cc(C[C@H](NC(=O)c3ccc(NC4CCCCC4)c(N)c3)C(=O)O)c2c1. The molecule has 3 aromatic rings. The van der Waals surface area contributed by atoms with Gasteiger partial charge in [-0.25, -0.2) is 9.59 Å². The number of carboxylic acids is 1. The molecule has 1 heterocycles. The van der Waals surface area contributed by atoms with E-state index in [0.717, 1.165) is 29.4 Å². The van der Waals surface area contributed by atoms with Gasteiger partial charge in [-0.15, -0.1) is 0 Å². The summed E-state index contributed by atoms with van der Waals surface area (Å²) in [6.07, 6.45) is 7.54. The van der Waals surface area contributed by atoms with Crippen molar-refractivity contribution in [3.05, 3.63) is 53.7 Å². The molecule has 1 aromatic heterocycles. The van der Waals surface area contributed by atoms with Gasteiger partial charge in [-0.1, -0.05) is 19.3 Å². The maximum atomic E-state index is 12.9. The summed E-state index contributed by atoms with van der Waals surface area (Å²) in [6.45, 7) is -0.242. The molecule has 10 nitrogen and oxygen atoms in total. The van der Waals surface area contributed by atoms with Gasteiger partial charge in [0.1, 0.15) is 11.8 Å². The molecule has 0 spiro atoms. The first kappa shape index (κ1) is 25.9. The third-order valence-corrected chi connectivity index (χ3v) is 6.63. The Kier molecular flexibility index (Phi) is 8.17. The maximum absolute atomic E-state index is 12.9. The number of ether oxygens (including phenoxy) is 2. The second-order valence-electron chi connectivity index (χ2n) is 9.24. The van der Waals surface area contributed by atoms with E-state index in [1.54, 1.807) is 42.6 Å². The summed E-state index contributed by atoms with van der Waals surface area (Å²) in [5, 5.41) is 16.6. The van der Waals surface area contributed by atoms with Crippen molar-refractivity contribution in [2.45, 2.75) is 50.6 Å². The first-order valence-corrected chi connectivity index (χ1v) is 12.3. The van der Waals surface area contributed by atoms with Crippen molar-refractivity contribution in [3.63, 3.8) is 0 Å². The van der Waals surface area contributed by atoms with Crippen molar-refractivity contribution in [2.75, 3.05) is 24.8 Å². The summed E-state index contributed by atoms with van der Waals surface area (Å²) in [5.41, 5.74) is 9.16. The Hall–Kier alpha value is -4.21. The summed E-state index contributed by atoms with van der Waals surface area (Å²) >= 11 is 0. The van der Waals surface area contributed by atoms with Gasteiger partial charge in [0, 0.05) is 35.1 Å². The van der Waals surface area contributed by atoms with Crippen molar-refractivity contribution in [1.82, 2.24) is 10.3 Å². The van der Waals surface area contributed by atoms with Crippen molar-refractivity contribution in [2.24, 2.45) is 0 Å². The number of hydrogen-bond acceptors (Lipinski definition) is 7. The Morgan fingerprint density at radius 1 is 1.14 bits per heavy atom. The minimum atomic E-state index is -1.17. The lowest BCUT2D eigenvalue weighted by Crippen LogP contribution is -2.42. The lowest BCUT2D eigenvalue weighted by atomic mass is 9.95. The topological polar surface area (TPSA) is 156 Å². The number of benzene rings is 2. The number of aliphatic carboxylic acids is 1. The predicted molar refractivity (Wildman–Crippen MR) is 140 cm³/mol. The fraction of sp³-hybridized carbons (Fsp3) is 0.370. The van der Waals surface area contributed by atoms with E-state index in [1.807, 2.05) is 0 Å². The Bertz CT molecular complexity index is 1280. The predicted octanol–water partition coefficient (Wildman–Crippen LogP) is 3.47. The molecule has 0 unspecified atom stereocenters. The van der Waals surface area contributed by atoms with Gasteiger partial charge < -0.3 is 35.9 Å². The number of carbonyl (C=O) groups is 3. The van der Waals surface area contributed by atoms with Crippen LogP contribution in [0.25, 0.3) is 10.9 Å². The molecule has 196 valence electrons. The number of hydrogen-bond donors (Lipinski definition) is 5. The minimum absolute atomic E-state index is 0.0400. The molecule has 2 aromatic carbocycles. The summed E-state index contributed by atoms with van der Waals surface area (Å²) in [5.74, 6) is -1.76. The number of anilines is 2. The highest BCUT2D eigenvalue weighted by Crippen LogP contribution is 2.27. The first-order valence-electron chi connectivity index (χ1n) is 12.3. The molecule has 0 radical (unpaired) electrons. The number of carboxylic acid groups (broad SMARTS) is 1. The molecule has 1 fully saturated rings. The number of nitrogen functional groups attached to an aromatic ring is 1. The van der Waals surface area contributed by atoms with Crippen molar-refractivity contribution in [3.8, 4) is 5.75 Å². The fourth-order valence-electron chi connectivity index (χ4n) is 4.58. The van der Waals surface area contributed by atoms with Crippen molar-refractivity contribution < 1.29 is 29.0 Å². The lowest BCUT2D eigenvalue weighted by molar-refractivity contribution is -0.143. The molecule has 0 bridgehead atoms. The van der Waals surface area contributed by atoms with E-state index >= 15 is 0 Å². The Balaban J connectivity index is 1.44. The van der Waals surface area contributed by atoms with Gasteiger partial charge in [0.05, 0.1) is 18.5 Å². The van der Waals surface area contributed by atoms with E-state index in [1.165, 1.54) is 26.4 Å². The van der Waals surface area contributed by atoms with Crippen LogP contribution in [0.2, 0.25) is 0 Å². The zero-order valence-corrected chi connectivity index (χ0v) is 20.7. The standard InChI is InChI=1S/C27H32N4O6/c1-36-25(32)15-37-19-8-10-22-20(13-19)17(14-29-22)12-24(27(34)35)31-26(33)16-7-9-23(21(28)11-16)30-18-5-3-2-4-6-18/h7-11,13-14,18,24,29-30H,2-6,12,15,28H2,1H3,(H,31,33)(H,34,35)/t24-/m0/s1. The van der Waals surface area contributed by atoms with Gasteiger partial charge in [-0.05, 0) is 54.8 Å². The van der Waals surface area contributed by atoms with Crippen molar-refractivity contribution in [1.29, 1.82) is 0 Å². The van der Waals surface area contributed by atoms with Gasteiger partial charge in [-0.3, -0.25) is 4.79 Å². The molecule has 1 amide bonds. The van der Waals surface area contributed by atoms with Crippen LogP contribution in [0.1, 0.15) is 48.0 Å². The van der Waals surface area contributed by atoms with E-state index < -0.39 is 23.9 Å². The van der Waals surface area contributed by atoms with Crippen LogP contribution in [0, 0.1) is 0 Å². The maximum Gasteiger partial charge on any atom is 0.343 e. The molecule has 0 saturated heterocycles. The van der Waals surface area contributed by atoms with Crippen LogP contribution in [0.3, 0.4) is 0 Å². The highest BCUT2D eigenvalue weighted by Gasteiger charge is 2.23. The zero-order valence-electron chi connectivity index (χ0n) is 20.7. The van der Waals surface area contributed by atoms with Crippen molar-refractivity contribution >= 4 is 40.1 Å². The van der Waals surface area contributed by atoms with Crippen LogP contribution in [0.5, 0.6) is 5.75 Å².